The van der Waals surface area contributed by atoms with Crippen LogP contribution in [0, 0.1) is 11.8 Å². The van der Waals surface area contributed by atoms with Gasteiger partial charge in [-0.25, -0.2) is 9.37 Å². The zero-order valence-electron chi connectivity index (χ0n) is 14.6. The Balaban J connectivity index is 2.09. The molecule has 0 radical (unpaired) electrons. The second kappa shape index (κ2) is 7.80. The Morgan fingerprint density at radius 2 is 2.24 bits per heavy atom. The van der Waals surface area contributed by atoms with Crippen LogP contribution in [0.25, 0.3) is 0 Å². The summed E-state index contributed by atoms with van der Waals surface area (Å²) < 4.78 is 14.9. The van der Waals surface area contributed by atoms with Crippen molar-refractivity contribution >= 4 is 5.91 Å². The number of amides is 1. The van der Waals surface area contributed by atoms with E-state index in [0.717, 1.165) is 0 Å². The number of nitrogens with zero attached hydrogens (tertiary/aromatic N) is 3. The predicted molar refractivity (Wildman–Crippen MR) is 97.3 cm³/mol. The largest absolute Gasteiger partial charge is 0.368 e. The minimum atomic E-state index is -1.62. The molecule has 2 heterocycles. The number of allylic oxidation sites excluding steroid dienone is 1. The Bertz CT molecular complexity index is 758. The third-order valence-corrected chi connectivity index (χ3v) is 3.90. The van der Waals surface area contributed by atoms with Crippen molar-refractivity contribution < 1.29 is 9.18 Å². The molecule has 0 aromatic carbocycles. The van der Waals surface area contributed by atoms with Gasteiger partial charge >= 0.3 is 0 Å². The molecule has 1 aromatic rings. The highest BCUT2D eigenvalue weighted by molar-refractivity contribution is 5.96. The van der Waals surface area contributed by atoms with Crippen molar-refractivity contribution in [1.29, 1.82) is 0 Å². The van der Waals surface area contributed by atoms with Crippen LogP contribution in [0.4, 0.5) is 4.39 Å². The zero-order valence-corrected chi connectivity index (χ0v) is 14.6. The molecule has 1 aromatic heterocycles. The van der Waals surface area contributed by atoms with E-state index in [1.165, 1.54) is 11.0 Å². The van der Waals surface area contributed by atoms with E-state index in [1.807, 2.05) is 6.07 Å². The van der Waals surface area contributed by atoms with E-state index >= 15 is 0 Å². The molecule has 1 atom stereocenters. The second-order valence-electron chi connectivity index (χ2n) is 6.10. The molecule has 0 N–H and O–H groups in total. The van der Waals surface area contributed by atoms with Crippen molar-refractivity contribution in [2.75, 3.05) is 27.2 Å². The maximum atomic E-state index is 14.9. The smallest absolute Gasteiger partial charge is 0.253 e. The van der Waals surface area contributed by atoms with Crippen LogP contribution in [0.2, 0.25) is 0 Å². The summed E-state index contributed by atoms with van der Waals surface area (Å²) in [6.45, 7) is 8.21. The van der Waals surface area contributed by atoms with Crippen molar-refractivity contribution in [1.82, 2.24) is 14.8 Å². The average Bonchev–Trinajstić information content (AvgIpc) is 3.01. The summed E-state index contributed by atoms with van der Waals surface area (Å²) in [6, 6.07) is 5.35. The van der Waals surface area contributed by atoms with E-state index in [4.69, 9.17) is 0 Å². The van der Waals surface area contributed by atoms with Gasteiger partial charge in [-0.15, -0.1) is 0 Å². The maximum absolute atomic E-state index is 14.9. The van der Waals surface area contributed by atoms with Crippen LogP contribution in [0.5, 0.6) is 0 Å². The van der Waals surface area contributed by atoms with Gasteiger partial charge in [0, 0.05) is 44.5 Å². The Kier molecular flexibility index (Phi) is 5.76. The number of carbonyl (C=O) groups is 1. The van der Waals surface area contributed by atoms with Gasteiger partial charge in [0.05, 0.1) is 6.54 Å². The molecule has 5 heteroatoms. The number of rotatable bonds is 4. The van der Waals surface area contributed by atoms with Gasteiger partial charge in [-0.3, -0.25) is 4.79 Å². The van der Waals surface area contributed by atoms with Crippen molar-refractivity contribution in [3.05, 3.63) is 66.7 Å². The van der Waals surface area contributed by atoms with E-state index in [1.54, 1.807) is 43.4 Å². The molecule has 25 heavy (non-hydrogen) atoms. The van der Waals surface area contributed by atoms with E-state index in [-0.39, 0.29) is 18.9 Å². The standard InChI is InChI=1S/C20H22FN3O/c1-5-17(19(25)23(3)4)14-16(2)24-13-11-20(21,15-24)10-9-18-8-6-7-12-22-18/h5-8,12,14H,1-2,11,13,15H2,3-4H3/b17-14+. The average molecular weight is 339 g/mol. The molecule has 0 bridgehead atoms. The van der Waals surface area contributed by atoms with Gasteiger partial charge in [-0.2, -0.15) is 0 Å². The van der Waals surface area contributed by atoms with Crippen LogP contribution in [-0.4, -0.2) is 53.5 Å². The first kappa shape index (κ1) is 18.5. The number of aromatic nitrogens is 1. The number of hydrogen-bond donors (Lipinski definition) is 0. The number of halogens is 1. The molecule has 1 saturated heterocycles. The molecule has 0 aliphatic carbocycles. The molecule has 1 amide bonds. The molecule has 1 unspecified atom stereocenters. The summed E-state index contributed by atoms with van der Waals surface area (Å²) >= 11 is 0. The Morgan fingerprint density at radius 1 is 1.48 bits per heavy atom. The molecule has 2 rings (SSSR count). The molecule has 0 spiro atoms. The lowest BCUT2D eigenvalue weighted by molar-refractivity contribution is -0.124. The fourth-order valence-corrected chi connectivity index (χ4v) is 2.47. The monoisotopic (exact) mass is 339 g/mol. The minimum absolute atomic E-state index is 0.114. The van der Waals surface area contributed by atoms with Crippen LogP contribution in [0.3, 0.4) is 0 Å². The van der Waals surface area contributed by atoms with Gasteiger partial charge < -0.3 is 9.80 Å². The highest BCUT2D eigenvalue weighted by Crippen LogP contribution is 2.28. The first-order valence-electron chi connectivity index (χ1n) is 7.97. The minimum Gasteiger partial charge on any atom is -0.368 e. The summed E-state index contributed by atoms with van der Waals surface area (Å²) in [4.78, 5) is 19.4. The number of alkyl halides is 1. The van der Waals surface area contributed by atoms with Crippen LogP contribution in [-0.2, 0) is 4.79 Å². The maximum Gasteiger partial charge on any atom is 0.253 e. The molecule has 1 aliphatic rings. The highest BCUT2D eigenvalue weighted by Gasteiger charge is 2.37. The van der Waals surface area contributed by atoms with Gasteiger partial charge in [-0.1, -0.05) is 31.2 Å². The Hall–Kier alpha value is -2.87. The number of likely N-dealkylation sites (N-methyl/N-ethyl adjacent to an activating group) is 1. The number of carbonyl (C=O) groups excluding carboxylic acids is 1. The molecule has 1 aliphatic heterocycles. The molecule has 1 fully saturated rings. The fourth-order valence-electron chi connectivity index (χ4n) is 2.47. The third-order valence-electron chi connectivity index (χ3n) is 3.90. The number of hydrogen-bond acceptors (Lipinski definition) is 3. The van der Waals surface area contributed by atoms with Crippen LogP contribution in [0.1, 0.15) is 12.1 Å². The molecule has 0 saturated carbocycles. The third kappa shape index (κ3) is 4.80. The van der Waals surface area contributed by atoms with E-state index in [2.05, 4.69) is 30.0 Å². The number of likely N-dealkylation sites (tertiary alicyclic amines) is 1. The quantitative estimate of drug-likeness (QED) is 0.481. The van der Waals surface area contributed by atoms with Gasteiger partial charge in [-0.05, 0) is 24.1 Å². The zero-order chi connectivity index (χ0) is 18.4. The van der Waals surface area contributed by atoms with E-state index in [9.17, 15) is 9.18 Å². The van der Waals surface area contributed by atoms with Gasteiger partial charge in [0.15, 0.2) is 5.67 Å². The first-order valence-corrected chi connectivity index (χ1v) is 7.97. The summed E-state index contributed by atoms with van der Waals surface area (Å²) in [5, 5.41) is 0. The molecular weight excluding hydrogens is 317 g/mol. The summed E-state index contributed by atoms with van der Waals surface area (Å²) in [6.07, 6.45) is 5.02. The normalized spacial score (nSPS) is 19.8. The second-order valence-corrected chi connectivity index (χ2v) is 6.10. The van der Waals surface area contributed by atoms with Crippen LogP contribution < -0.4 is 0 Å². The summed E-state index contributed by atoms with van der Waals surface area (Å²) in [7, 11) is 3.33. The molecule has 4 nitrogen and oxygen atoms in total. The van der Waals surface area contributed by atoms with Crippen molar-refractivity contribution in [2.24, 2.45) is 0 Å². The SMILES string of the molecule is C=C/C(=C\C(=C)N1CCC(F)(C#Cc2ccccn2)C1)C(=O)N(C)C. The predicted octanol–water partition coefficient (Wildman–Crippen LogP) is 2.56. The highest BCUT2D eigenvalue weighted by atomic mass is 19.1. The summed E-state index contributed by atoms with van der Waals surface area (Å²) in [5.41, 5.74) is -0.0776. The van der Waals surface area contributed by atoms with Gasteiger partial charge in [0.2, 0.25) is 0 Å². The van der Waals surface area contributed by atoms with Gasteiger partial charge in [0.25, 0.3) is 5.91 Å². The Morgan fingerprint density at radius 3 is 2.84 bits per heavy atom. The van der Waals surface area contributed by atoms with E-state index in [0.29, 0.717) is 23.5 Å². The van der Waals surface area contributed by atoms with Crippen LogP contribution in [0.15, 0.2) is 61.0 Å². The van der Waals surface area contributed by atoms with Crippen LogP contribution >= 0.6 is 0 Å². The fraction of sp³-hybridized carbons (Fsp3) is 0.300. The lowest BCUT2D eigenvalue weighted by atomic mass is 10.1. The molecular formula is C20H22FN3O. The van der Waals surface area contributed by atoms with Crippen molar-refractivity contribution in [3.8, 4) is 11.8 Å². The van der Waals surface area contributed by atoms with Crippen molar-refractivity contribution in [3.63, 3.8) is 0 Å². The van der Waals surface area contributed by atoms with E-state index < -0.39 is 5.67 Å². The number of pyridine rings is 1. The Labute approximate surface area is 148 Å². The topological polar surface area (TPSA) is 36.4 Å². The lowest BCUT2D eigenvalue weighted by Crippen LogP contribution is -2.27. The lowest BCUT2D eigenvalue weighted by Gasteiger charge is -2.20. The first-order chi connectivity index (χ1) is 11.8. The van der Waals surface area contributed by atoms with Gasteiger partial charge in [0.1, 0.15) is 5.69 Å². The summed E-state index contributed by atoms with van der Waals surface area (Å²) in [5.74, 6) is 5.31. The van der Waals surface area contributed by atoms with Crippen molar-refractivity contribution in [2.45, 2.75) is 12.1 Å². The molecule has 130 valence electrons.